The third-order valence-corrected chi connectivity index (χ3v) is 6.31. The molecular weight excluding hydrogens is 376 g/mol. The molecule has 4 heterocycles. The first-order valence-electron chi connectivity index (χ1n) is 8.95. The van der Waals surface area contributed by atoms with E-state index in [-0.39, 0.29) is 11.5 Å². The second-order valence-corrected chi connectivity index (χ2v) is 7.96. The lowest BCUT2D eigenvalue weighted by Gasteiger charge is -2.34. The van der Waals surface area contributed by atoms with Gasteiger partial charge in [0.1, 0.15) is 4.70 Å². The Labute approximate surface area is 163 Å². The van der Waals surface area contributed by atoms with Gasteiger partial charge in [-0.2, -0.15) is 0 Å². The van der Waals surface area contributed by atoms with Gasteiger partial charge in [0, 0.05) is 13.6 Å². The molecule has 0 bridgehead atoms. The van der Waals surface area contributed by atoms with E-state index in [1.54, 1.807) is 7.05 Å². The van der Waals surface area contributed by atoms with Gasteiger partial charge in [0.2, 0.25) is 11.7 Å². The number of nitrogens with zero attached hydrogens (tertiary/aromatic N) is 5. The Kier molecular flexibility index (Phi) is 3.81. The zero-order valence-electron chi connectivity index (χ0n) is 15.2. The predicted octanol–water partition coefficient (Wildman–Crippen LogP) is 1.05. The Morgan fingerprint density at radius 2 is 2.04 bits per heavy atom. The van der Waals surface area contributed by atoms with E-state index in [4.69, 9.17) is 5.73 Å². The molecule has 1 aromatic carbocycles. The van der Waals surface area contributed by atoms with Crippen LogP contribution in [0.3, 0.4) is 0 Å². The first-order valence-corrected chi connectivity index (χ1v) is 9.83. The van der Waals surface area contributed by atoms with Crippen molar-refractivity contribution in [1.29, 1.82) is 0 Å². The van der Waals surface area contributed by atoms with Crippen molar-refractivity contribution in [2.75, 3.05) is 0 Å². The van der Waals surface area contributed by atoms with E-state index in [1.807, 2.05) is 38.9 Å². The van der Waals surface area contributed by atoms with Gasteiger partial charge >= 0.3 is 0 Å². The van der Waals surface area contributed by atoms with E-state index < -0.39 is 6.04 Å². The van der Waals surface area contributed by atoms with Crippen LogP contribution in [0.2, 0.25) is 0 Å². The van der Waals surface area contributed by atoms with Crippen molar-refractivity contribution in [3.8, 4) is 0 Å². The van der Waals surface area contributed by atoms with Crippen molar-refractivity contribution in [3.63, 3.8) is 0 Å². The number of rotatable bonds is 3. The third-order valence-electron chi connectivity index (χ3n) is 5.42. The summed E-state index contributed by atoms with van der Waals surface area (Å²) in [5.74, 6) is 0.815. The van der Waals surface area contributed by atoms with Crippen molar-refractivity contribution >= 4 is 33.2 Å². The molecule has 1 aliphatic rings. The first-order chi connectivity index (χ1) is 13.5. The van der Waals surface area contributed by atoms with Crippen LogP contribution < -0.4 is 11.3 Å². The van der Waals surface area contributed by atoms with E-state index in [2.05, 4.69) is 16.3 Å². The second-order valence-electron chi connectivity index (χ2n) is 7.05. The Morgan fingerprint density at radius 3 is 2.82 bits per heavy atom. The molecule has 0 saturated carbocycles. The molecule has 0 saturated heterocycles. The molecule has 5 rings (SSSR count). The lowest BCUT2D eigenvalue weighted by atomic mass is 9.93. The van der Waals surface area contributed by atoms with Gasteiger partial charge in [-0.1, -0.05) is 24.3 Å². The number of carbonyl (C=O) groups is 1. The third kappa shape index (κ3) is 2.47. The molecule has 1 aliphatic heterocycles. The summed E-state index contributed by atoms with van der Waals surface area (Å²) in [6, 6.07) is 9.58. The summed E-state index contributed by atoms with van der Waals surface area (Å²) in [7, 11) is 1.69. The average molecular weight is 394 g/mol. The molecule has 9 heteroatoms. The minimum Gasteiger partial charge on any atom is -0.368 e. The van der Waals surface area contributed by atoms with Crippen LogP contribution in [-0.2, 0) is 31.4 Å². The molecule has 0 radical (unpaired) electrons. The molecule has 8 nitrogen and oxygen atoms in total. The van der Waals surface area contributed by atoms with Crippen LogP contribution in [0.1, 0.15) is 17.0 Å². The maximum Gasteiger partial charge on any atom is 0.272 e. The van der Waals surface area contributed by atoms with Gasteiger partial charge in [-0.25, -0.2) is 0 Å². The molecule has 1 amide bonds. The average Bonchev–Trinajstić information content (AvgIpc) is 3.32. The number of carbonyl (C=O) groups excluding carboxylic acids is 1. The van der Waals surface area contributed by atoms with Crippen molar-refractivity contribution in [3.05, 3.63) is 63.0 Å². The number of hydrogen-bond donors (Lipinski definition) is 1. The fourth-order valence-electron chi connectivity index (χ4n) is 3.96. The fourth-order valence-corrected chi connectivity index (χ4v) is 4.81. The van der Waals surface area contributed by atoms with Gasteiger partial charge in [-0.05, 0) is 29.0 Å². The molecular formula is C19H18N6O2S. The highest BCUT2D eigenvalue weighted by atomic mass is 32.1. The van der Waals surface area contributed by atoms with Crippen LogP contribution >= 0.6 is 11.3 Å². The highest BCUT2D eigenvalue weighted by molar-refractivity contribution is 7.17. The SMILES string of the molecule is Cn1c(=O)c2sccc2n2c(CN3Cc4ccccc4C[C@H]3C(N)=O)nnc12. The number of aromatic nitrogens is 4. The summed E-state index contributed by atoms with van der Waals surface area (Å²) in [5, 5.41) is 10.4. The molecule has 0 aliphatic carbocycles. The van der Waals surface area contributed by atoms with Crippen molar-refractivity contribution in [2.45, 2.75) is 25.6 Å². The van der Waals surface area contributed by atoms with Gasteiger partial charge in [-0.3, -0.25) is 23.5 Å². The lowest BCUT2D eigenvalue weighted by molar-refractivity contribution is -0.124. The van der Waals surface area contributed by atoms with Crippen LogP contribution in [0.4, 0.5) is 0 Å². The number of hydrogen-bond acceptors (Lipinski definition) is 6. The summed E-state index contributed by atoms with van der Waals surface area (Å²) in [6.45, 7) is 1.02. The zero-order valence-corrected chi connectivity index (χ0v) is 16.0. The van der Waals surface area contributed by atoms with E-state index in [0.29, 0.717) is 35.8 Å². The maximum atomic E-state index is 12.5. The van der Waals surface area contributed by atoms with Crippen LogP contribution in [0.25, 0.3) is 16.0 Å². The number of aryl methyl sites for hydroxylation is 1. The largest absolute Gasteiger partial charge is 0.368 e. The number of amides is 1. The molecule has 4 aromatic rings. The summed E-state index contributed by atoms with van der Waals surface area (Å²) in [6.07, 6.45) is 0.578. The van der Waals surface area contributed by atoms with Crippen LogP contribution in [0, 0.1) is 0 Å². The highest BCUT2D eigenvalue weighted by Crippen LogP contribution is 2.26. The molecule has 28 heavy (non-hydrogen) atoms. The minimum atomic E-state index is -0.409. The van der Waals surface area contributed by atoms with Crippen LogP contribution in [0.5, 0.6) is 0 Å². The van der Waals surface area contributed by atoms with Gasteiger partial charge in [0.15, 0.2) is 5.82 Å². The normalized spacial score (nSPS) is 17.2. The van der Waals surface area contributed by atoms with Crippen molar-refractivity contribution in [2.24, 2.45) is 12.8 Å². The minimum absolute atomic E-state index is 0.0848. The van der Waals surface area contributed by atoms with E-state index >= 15 is 0 Å². The first kappa shape index (κ1) is 17.1. The molecule has 0 spiro atoms. The van der Waals surface area contributed by atoms with Crippen LogP contribution in [0.15, 0.2) is 40.5 Å². The number of fused-ring (bicyclic) bond motifs is 4. The molecule has 0 unspecified atom stereocenters. The highest BCUT2D eigenvalue weighted by Gasteiger charge is 2.31. The van der Waals surface area contributed by atoms with Crippen LogP contribution in [-0.4, -0.2) is 36.0 Å². The molecule has 2 N–H and O–H groups in total. The van der Waals surface area contributed by atoms with E-state index in [0.717, 1.165) is 11.1 Å². The Morgan fingerprint density at radius 1 is 1.25 bits per heavy atom. The summed E-state index contributed by atoms with van der Waals surface area (Å²) < 4.78 is 4.06. The van der Waals surface area contributed by atoms with Gasteiger partial charge < -0.3 is 5.73 Å². The van der Waals surface area contributed by atoms with Gasteiger partial charge in [-0.15, -0.1) is 21.5 Å². The standard InChI is InChI=1S/C19H18N6O2S/c1-23-18(27)16-13(6-7-28-16)25-15(21-22-19(23)25)10-24-9-12-5-3-2-4-11(12)8-14(24)17(20)26/h2-7,14H,8-10H2,1H3,(H2,20,26)/t14-/m0/s1. The molecule has 142 valence electrons. The monoisotopic (exact) mass is 394 g/mol. The molecule has 1 atom stereocenters. The summed E-state index contributed by atoms with van der Waals surface area (Å²) in [5.41, 5.74) is 8.74. The topological polar surface area (TPSA) is 98.5 Å². The van der Waals surface area contributed by atoms with E-state index in [1.165, 1.54) is 21.5 Å². The second kappa shape index (κ2) is 6.25. The Bertz CT molecular complexity index is 1290. The summed E-state index contributed by atoms with van der Waals surface area (Å²) >= 11 is 1.40. The zero-order chi connectivity index (χ0) is 19.4. The van der Waals surface area contributed by atoms with Crippen molar-refractivity contribution in [1.82, 2.24) is 24.1 Å². The smallest absolute Gasteiger partial charge is 0.272 e. The maximum absolute atomic E-state index is 12.5. The van der Waals surface area contributed by atoms with Crippen molar-refractivity contribution < 1.29 is 4.79 Å². The number of benzene rings is 1. The quantitative estimate of drug-likeness (QED) is 0.560. The Balaban J connectivity index is 1.62. The van der Waals surface area contributed by atoms with Gasteiger partial charge in [0.25, 0.3) is 5.56 Å². The number of thiophene rings is 1. The predicted molar refractivity (Wildman–Crippen MR) is 106 cm³/mol. The number of primary amides is 1. The molecule has 3 aromatic heterocycles. The van der Waals surface area contributed by atoms with Gasteiger partial charge in [0.05, 0.1) is 18.1 Å². The Hall–Kier alpha value is -3.04. The lowest BCUT2D eigenvalue weighted by Crippen LogP contribution is -2.48. The fraction of sp³-hybridized carbons (Fsp3) is 0.263. The number of nitrogens with two attached hydrogens (primary N) is 1. The van der Waals surface area contributed by atoms with E-state index in [9.17, 15) is 9.59 Å². The summed E-state index contributed by atoms with van der Waals surface area (Å²) in [4.78, 5) is 26.7. The molecule has 0 fully saturated rings.